The Bertz CT molecular complexity index is 536. The number of hydrogen-bond acceptors (Lipinski definition) is 3. The molecule has 0 aromatic heterocycles. The van der Waals surface area contributed by atoms with E-state index in [4.69, 9.17) is 22.7 Å². The second-order valence-electron chi connectivity index (χ2n) is 5.90. The number of carbonyl (C=O) groups excluding carboxylic acids is 1. The minimum absolute atomic E-state index is 0.0998. The standard InChI is InChI=1S/C16H20N2O2S/c17-16(21)12-3-7-14(8-4-12)20-10-15(19)18(13-5-6-13)9-11-1-2-11/h3-4,7-8,11,13H,1-2,5-6,9-10H2,(H2,17,21). The van der Waals surface area contributed by atoms with Crippen LogP contribution in [0.2, 0.25) is 0 Å². The molecule has 5 heteroatoms. The number of amides is 1. The molecule has 0 spiro atoms. The van der Waals surface area contributed by atoms with Crippen LogP contribution in [-0.4, -0.2) is 35.0 Å². The molecule has 0 heterocycles. The van der Waals surface area contributed by atoms with Crippen LogP contribution >= 0.6 is 12.2 Å². The minimum atomic E-state index is 0.0998. The lowest BCUT2D eigenvalue weighted by molar-refractivity contribution is -0.134. The van der Waals surface area contributed by atoms with E-state index in [-0.39, 0.29) is 12.5 Å². The van der Waals surface area contributed by atoms with Gasteiger partial charge in [0.25, 0.3) is 5.91 Å². The number of carbonyl (C=O) groups is 1. The summed E-state index contributed by atoms with van der Waals surface area (Å²) in [6, 6.07) is 7.67. The van der Waals surface area contributed by atoms with Crippen LogP contribution in [-0.2, 0) is 4.79 Å². The maximum atomic E-state index is 12.3. The van der Waals surface area contributed by atoms with E-state index in [0.29, 0.717) is 16.8 Å². The second kappa shape index (κ2) is 6.02. The van der Waals surface area contributed by atoms with Gasteiger partial charge in [-0.15, -0.1) is 0 Å². The van der Waals surface area contributed by atoms with Crippen molar-refractivity contribution >= 4 is 23.1 Å². The zero-order valence-electron chi connectivity index (χ0n) is 12.0. The van der Waals surface area contributed by atoms with Crippen molar-refractivity contribution in [3.63, 3.8) is 0 Å². The third kappa shape index (κ3) is 3.94. The summed E-state index contributed by atoms with van der Waals surface area (Å²) < 4.78 is 5.59. The Morgan fingerprint density at radius 3 is 2.43 bits per heavy atom. The molecule has 1 amide bonds. The maximum absolute atomic E-state index is 12.3. The highest BCUT2D eigenvalue weighted by Gasteiger charge is 2.36. The normalized spacial score (nSPS) is 17.3. The molecule has 2 aliphatic carbocycles. The lowest BCUT2D eigenvalue weighted by atomic mass is 10.2. The van der Waals surface area contributed by atoms with E-state index in [2.05, 4.69) is 0 Å². The van der Waals surface area contributed by atoms with Crippen LogP contribution in [0.1, 0.15) is 31.2 Å². The largest absolute Gasteiger partial charge is 0.484 e. The van der Waals surface area contributed by atoms with Gasteiger partial charge in [0.05, 0.1) is 0 Å². The SMILES string of the molecule is NC(=S)c1ccc(OCC(=O)N(CC2CC2)C2CC2)cc1. The molecule has 1 aromatic rings. The van der Waals surface area contributed by atoms with Crippen molar-refractivity contribution < 1.29 is 9.53 Å². The summed E-state index contributed by atoms with van der Waals surface area (Å²) in [6.45, 7) is 1.02. The molecule has 0 saturated heterocycles. The van der Waals surface area contributed by atoms with E-state index in [1.807, 2.05) is 17.0 Å². The number of nitrogens with zero attached hydrogens (tertiary/aromatic N) is 1. The summed E-state index contributed by atoms with van der Waals surface area (Å²) in [7, 11) is 0. The van der Waals surface area contributed by atoms with E-state index in [1.165, 1.54) is 12.8 Å². The molecule has 0 radical (unpaired) electrons. The Kier molecular flexibility index (Phi) is 4.10. The predicted octanol–water partition coefficient (Wildman–Crippen LogP) is 2.10. The van der Waals surface area contributed by atoms with Gasteiger partial charge in [-0.1, -0.05) is 12.2 Å². The average molecular weight is 304 g/mol. The second-order valence-corrected chi connectivity index (χ2v) is 6.34. The molecular weight excluding hydrogens is 284 g/mol. The fourth-order valence-electron chi connectivity index (χ4n) is 2.36. The van der Waals surface area contributed by atoms with Crippen molar-refractivity contribution in [1.29, 1.82) is 0 Å². The number of nitrogens with two attached hydrogens (primary N) is 1. The van der Waals surface area contributed by atoms with Crippen molar-refractivity contribution in [2.75, 3.05) is 13.2 Å². The lowest BCUT2D eigenvalue weighted by Crippen LogP contribution is -2.38. The first-order valence-electron chi connectivity index (χ1n) is 7.45. The Balaban J connectivity index is 1.52. The highest BCUT2D eigenvalue weighted by Crippen LogP contribution is 2.34. The number of benzene rings is 1. The zero-order valence-corrected chi connectivity index (χ0v) is 12.8. The van der Waals surface area contributed by atoms with Gasteiger partial charge in [-0.05, 0) is 55.9 Å². The van der Waals surface area contributed by atoms with Gasteiger partial charge in [0.15, 0.2) is 6.61 Å². The summed E-state index contributed by atoms with van der Waals surface area (Å²) in [5.74, 6) is 1.49. The van der Waals surface area contributed by atoms with Crippen LogP contribution in [0.15, 0.2) is 24.3 Å². The fraction of sp³-hybridized carbons (Fsp3) is 0.500. The number of thiocarbonyl (C=S) groups is 1. The van der Waals surface area contributed by atoms with Gasteiger partial charge < -0.3 is 15.4 Å². The molecule has 2 saturated carbocycles. The van der Waals surface area contributed by atoms with Crippen molar-refractivity contribution in [3.8, 4) is 5.75 Å². The van der Waals surface area contributed by atoms with Gasteiger partial charge in [-0.3, -0.25) is 4.79 Å². The molecule has 21 heavy (non-hydrogen) atoms. The summed E-state index contributed by atoms with van der Waals surface area (Å²) in [5.41, 5.74) is 6.35. The Morgan fingerprint density at radius 2 is 1.90 bits per heavy atom. The van der Waals surface area contributed by atoms with Gasteiger partial charge in [0, 0.05) is 18.2 Å². The molecule has 0 aliphatic heterocycles. The molecule has 1 aromatic carbocycles. The smallest absolute Gasteiger partial charge is 0.260 e. The van der Waals surface area contributed by atoms with E-state index in [0.717, 1.165) is 30.9 Å². The monoisotopic (exact) mass is 304 g/mol. The molecule has 2 N–H and O–H groups in total. The van der Waals surface area contributed by atoms with E-state index in [1.54, 1.807) is 12.1 Å². The number of rotatable bonds is 7. The number of ether oxygens (including phenoxy) is 1. The molecule has 4 nitrogen and oxygen atoms in total. The Morgan fingerprint density at radius 1 is 1.24 bits per heavy atom. The fourth-order valence-corrected chi connectivity index (χ4v) is 2.50. The molecule has 2 fully saturated rings. The Hall–Kier alpha value is -1.62. The van der Waals surface area contributed by atoms with Gasteiger partial charge in [0.2, 0.25) is 0 Å². The highest BCUT2D eigenvalue weighted by atomic mass is 32.1. The van der Waals surface area contributed by atoms with Crippen LogP contribution in [0.4, 0.5) is 0 Å². The quantitative estimate of drug-likeness (QED) is 0.784. The molecule has 0 unspecified atom stereocenters. The molecule has 2 aliphatic rings. The van der Waals surface area contributed by atoms with Gasteiger partial charge >= 0.3 is 0 Å². The molecular formula is C16H20N2O2S. The third-order valence-electron chi connectivity index (χ3n) is 3.96. The summed E-state index contributed by atoms with van der Waals surface area (Å²) in [6.07, 6.45) is 4.80. The summed E-state index contributed by atoms with van der Waals surface area (Å²) >= 11 is 4.90. The molecule has 0 atom stereocenters. The minimum Gasteiger partial charge on any atom is -0.484 e. The average Bonchev–Trinajstić information content (AvgIpc) is 3.36. The molecule has 112 valence electrons. The van der Waals surface area contributed by atoms with Crippen molar-refractivity contribution in [3.05, 3.63) is 29.8 Å². The van der Waals surface area contributed by atoms with E-state index in [9.17, 15) is 4.79 Å². The summed E-state index contributed by atoms with van der Waals surface area (Å²) in [4.78, 5) is 14.7. The molecule has 3 rings (SSSR count). The first-order chi connectivity index (χ1) is 10.1. The van der Waals surface area contributed by atoms with Crippen LogP contribution in [0.25, 0.3) is 0 Å². The van der Waals surface area contributed by atoms with Crippen molar-refractivity contribution in [2.24, 2.45) is 11.7 Å². The topological polar surface area (TPSA) is 55.6 Å². The maximum Gasteiger partial charge on any atom is 0.260 e. The zero-order chi connectivity index (χ0) is 14.8. The lowest BCUT2D eigenvalue weighted by Gasteiger charge is -2.22. The molecule has 0 bridgehead atoms. The van der Waals surface area contributed by atoms with E-state index >= 15 is 0 Å². The first kappa shape index (κ1) is 14.3. The highest BCUT2D eigenvalue weighted by molar-refractivity contribution is 7.80. The Labute approximate surface area is 130 Å². The number of hydrogen-bond donors (Lipinski definition) is 1. The third-order valence-corrected chi connectivity index (χ3v) is 4.20. The van der Waals surface area contributed by atoms with Gasteiger partial charge in [-0.25, -0.2) is 0 Å². The van der Waals surface area contributed by atoms with Crippen LogP contribution in [0.3, 0.4) is 0 Å². The van der Waals surface area contributed by atoms with Crippen molar-refractivity contribution in [1.82, 2.24) is 4.90 Å². The van der Waals surface area contributed by atoms with Gasteiger partial charge in [0.1, 0.15) is 10.7 Å². The predicted molar refractivity (Wildman–Crippen MR) is 85.3 cm³/mol. The summed E-state index contributed by atoms with van der Waals surface area (Å²) in [5, 5.41) is 0. The van der Waals surface area contributed by atoms with Crippen LogP contribution < -0.4 is 10.5 Å². The first-order valence-corrected chi connectivity index (χ1v) is 7.86. The van der Waals surface area contributed by atoms with Crippen LogP contribution in [0.5, 0.6) is 5.75 Å². The van der Waals surface area contributed by atoms with Crippen molar-refractivity contribution in [2.45, 2.75) is 31.7 Å². The van der Waals surface area contributed by atoms with Crippen LogP contribution in [0, 0.1) is 5.92 Å². The van der Waals surface area contributed by atoms with E-state index < -0.39 is 0 Å². The van der Waals surface area contributed by atoms with Gasteiger partial charge in [-0.2, -0.15) is 0 Å².